The van der Waals surface area contributed by atoms with Crippen LogP contribution in [0.15, 0.2) is 71.9 Å². The zero-order valence-electron chi connectivity index (χ0n) is 19.2. The normalized spacial score (nSPS) is 12.3. The number of hydrogen-bond acceptors (Lipinski definition) is 4. The van der Waals surface area contributed by atoms with Gasteiger partial charge in [0.2, 0.25) is 0 Å². The van der Waals surface area contributed by atoms with Gasteiger partial charge in [-0.05, 0) is 42.0 Å². The Hall–Kier alpha value is -4.62. The van der Waals surface area contributed by atoms with Gasteiger partial charge in [0.05, 0.1) is 41.3 Å². The number of halogens is 8. The van der Waals surface area contributed by atoms with Gasteiger partial charge in [-0.15, -0.1) is 0 Å². The van der Waals surface area contributed by atoms with Crippen molar-refractivity contribution < 1.29 is 35.1 Å². The van der Waals surface area contributed by atoms with Gasteiger partial charge in [-0.3, -0.25) is 14.0 Å². The first-order valence-electron chi connectivity index (χ1n) is 11.0. The van der Waals surface area contributed by atoms with Crippen molar-refractivity contribution in [3.8, 4) is 28.5 Å². The summed E-state index contributed by atoms with van der Waals surface area (Å²) in [6.45, 7) is -0.0400. The highest BCUT2D eigenvalue weighted by Crippen LogP contribution is 2.38. The standard InChI is InChI=1S/C25H13F8N5O/c26-17-3-1-2-15(22(17)27)23-35-18-10-34-37(12-19(18)36-23)11-13-6-7-38(21(39)8-13)20-5-4-14(24(28,29)30)9-16(20)25(31,32)33/h1-10,12H,11H2. The molecule has 6 nitrogen and oxygen atoms in total. The quantitative estimate of drug-likeness (QED) is 0.259. The van der Waals surface area contributed by atoms with Gasteiger partial charge >= 0.3 is 12.4 Å². The van der Waals surface area contributed by atoms with Gasteiger partial charge in [0.25, 0.3) is 5.56 Å². The van der Waals surface area contributed by atoms with Crippen LogP contribution < -0.4 is 5.56 Å². The van der Waals surface area contributed by atoms with E-state index >= 15 is 0 Å². The molecule has 0 atom stereocenters. The number of aromatic nitrogens is 5. The van der Waals surface area contributed by atoms with Crippen molar-refractivity contribution in [2.24, 2.45) is 0 Å². The highest BCUT2D eigenvalue weighted by molar-refractivity contribution is 5.65. The summed E-state index contributed by atoms with van der Waals surface area (Å²) in [6, 6.07) is 6.89. The van der Waals surface area contributed by atoms with Crippen LogP contribution in [0, 0.1) is 11.6 Å². The van der Waals surface area contributed by atoms with Crippen molar-refractivity contribution in [2.45, 2.75) is 18.9 Å². The molecule has 0 amide bonds. The Labute approximate surface area is 213 Å². The van der Waals surface area contributed by atoms with Crippen molar-refractivity contribution in [1.29, 1.82) is 0 Å². The molecule has 200 valence electrons. The first-order chi connectivity index (χ1) is 18.3. The van der Waals surface area contributed by atoms with Crippen molar-refractivity contribution in [2.75, 3.05) is 0 Å². The summed E-state index contributed by atoms with van der Waals surface area (Å²) >= 11 is 0. The van der Waals surface area contributed by atoms with E-state index < -0.39 is 46.4 Å². The molecule has 2 aliphatic rings. The van der Waals surface area contributed by atoms with Crippen molar-refractivity contribution in [3.05, 3.63) is 106 Å². The number of fused-ring (bicyclic) bond motifs is 1. The minimum Gasteiger partial charge on any atom is -0.284 e. The molecule has 3 aromatic rings. The summed E-state index contributed by atoms with van der Waals surface area (Å²) in [4.78, 5) is 21.0. The van der Waals surface area contributed by atoms with Gasteiger partial charge in [0.1, 0.15) is 11.4 Å². The third kappa shape index (κ3) is 5.09. The number of alkyl halides is 6. The van der Waals surface area contributed by atoms with Crippen molar-refractivity contribution in [3.63, 3.8) is 0 Å². The van der Waals surface area contributed by atoms with Crippen LogP contribution in [0.2, 0.25) is 0 Å². The lowest BCUT2D eigenvalue weighted by atomic mass is 10.1. The Balaban J connectivity index is 1.45. The van der Waals surface area contributed by atoms with Crippen LogP contribution in [0.3, 0.4) is 0 Å². The zero-order chi connectivity index (χ0) is 28.1. The molecule has 5 rings (SSSR count). The molecule has 0 bridgehead atoms. The monoisotopic (exact) mass is 551 g/mol. The second-order valence-corrected chi connectivity index (χ2v) is 8.36. The lowest BCUT2D eigenvalue weighted by Gasteiger charge is -2.17. The number of hydrogen-bond donors (Lipinski definition) is 0. The van der Waals surface area contributed by atoms with Crippen molar-refractivity contribution in [1.82, 2.24) is 24.3 Å². The fourth-order valence-electron chi connectivity index (χ4n) is 3.90. The van der Waals surface area contributed by atoms with E-state index in [9.17, 15) is 39.9 Å². The van der Waals surface area contributed by atoms with E-state index in [2.05, 4.69) is 15.1 Å². The first kappa shape index (κ1) is 26.0. The van der Waals surface area contributed by atoms with E-state index in [0.717, 1.165) is 18.3 Å². The molecule has 14 heteroatoms. The van der Waals surface area contributed by atoms with E-state index in [0.29, 0.717) is 22.3 Å². The Morgan fingerprint density at radius 2 is 1.59 bits per heavy atom. The van der Waals surface area contributed by atoms with Gasteiger partial charge in [-0.25, -0.2) is 18.7 Å². The minimum absolute atomic E-state index is 0.0400. The summed E-state index contributed by atoms with van der Waals surface area (Å²) < 4.78 is 109. The fraction of sp³-hybridized carbons (Fsp3) is 0.120. The molecule has 0 fully saturated rings. The second-order valence-electron chi connectivity index (χ2n) is 8.36. The van der Waals surface area contributed by atoms with Gasteiger partial charge in [-0.1, -0.05) is 6.07 Å². The predicted octanol–water partition coefficient (Wildman–Crippen LogP) is 5.96. The molecule has 0 N–H and O–H groups in total. The lowest BCUT2D eigenvalue weighted by Crippen LogP contribution is -2.22. The zero-order valence-corrected chi connectivity index (χ0v) is 19.2. The third-order valence-corrected chi connectivity index (χ3v) is 5.72. The molecule has 2 aromatic carbocycles. The Morgan fingerprint density at radius 1 is 0.846 bits per heavy atom. The number of rotatable bonds is 4. The molecule has 0 radical (unpaired) electrons. The maximum atomic E-state index is 14.1. The van der Waals surface area contributed by atoms with Crippen LogP contribution in [-0.4, -0.2) is 24.3 Å². The number of benzene rings is 2. The van der Waals surface area contributed by atoms with Crippen LogP contribution in [0.1, 0.15) is 16.7 Å². The molecule has 0 saturated heterocycles. The minimum atomic E-state index is -5.16. The molecular formula is C25H13F8N5O. The van der Waals surface area contributed by atoms with E-state index in [4.69, 9.17) is 0 Å². The van der Waals surface area contributed by atoms with Crippen molar-refractivity contribution >= 4 is 0 Å². The molecule has 1 aromatic heterocycles. The van der Waals surface area contributed by atoms with E-state index in [1.807, 2.05) is 0 Å². The number of imidazole rings is 1. The summed E-state index contributed by atoms with van der Waals surface area (Å²) in [5, 5.41) is 4.12. The summed E-state index contributed by atoms with van der Waals surface area (Å²) in [5.74, 6) is -2.25. The second kappa shape index (κ2) is 9.29. The Kier molecular flexibility index (Phi) is 6.19. The summed E-state index contributed by atoms with van der Waals surface area (Å²) in [6.07, 6.45) is -6.41. The highest BCUT2D eigenvalue weighted by Gasteiger charge is 2.38. The number of pyridine rings is 1. The molecule has 0 spiro atoms. The Morgan fingerprint density at radius 3 is 2.28 bits per heavy atom. The molecule has 39 heavy (non-hydrogen) atoms. The summed E-state index contributed by atoms with van der Waals surface area (Å²) in [5.41, 5.74) is -4.08. The predicted molar refractivity (Wildman–Crippen MR) is 121 cm³/mol. The largest absolute Gasteiger partial charge is 0.418 e. The van der Waals surface area contributed by atoms with Crippen LogP contribution in [-0.2, 0) is 18.9 Å². The average molecular weight is 551 g/mol. The molecular weight excluding hydrogens is 538 g/mol. The lowest BCUT2D eigenvalue weighted by molar-refractivity contribution is -0.143. The summed E-state index contributed by atoms with van der Waals surface area (Å²) in [7, 11) is 0. The van der Waals surface area contributed by atoms with Gasteiger partial charge < -0.3 is 0 Å². The SMILES string of the molecule is O=c1cc(Cn2cc3nc(-c4cccc(F)c4F)nc-3cn2)ccn1-c1ccc(C(F)(F)F)cc1C(F)(F)F. The highest BCUT2D eigenvalue weighted by atomic mass is 19.4. The third-order valence-electron chi connectivity index (χ3n) is 5.72. The van der Waals surface area contributed by atoms with E-state index in [1.165, 1.54) is 35.3 Å². The van der Waals surface area contributed by atoms with Gasteiger partial charge in [0, 0.05) is 12.3 Å². The average Bonchev–Trinajstić information content (AvgIpc) is 3.27. The van der Waals surface area contributed by atoms with Crippen LogP contribution >= 0.6 is 0 Å². The van der Waals surface area contributed by atoms with Crippen LogP contribution in [0.25, 0.3) is 28.5 Å². The molecule has 0 saturated carbocycles. The van der Waals surface area contributed by atoms with Gasteiger partial charge in [0.15, 0.2) is 17.5 Å². The fourth-order valence-corrected chi connectivity index (χ4v) is 3.90. The molecule has 0 aliphatic carbocycles. The topological polar surface area (TPSA) is 65.6 Å². The maximum absolute atomic E-state index is 14.1. The first-order valence-corrected chi connectivity index (χ1v) is 11.0. The maximum Gasteiger partial charge on any atom is 0.418 e. The Bertz CT molecular complexity index is 1720. The van der Waals surface area contributed by atoms with E-state index in [1.54, 1.807) is 0 Å². The smallest absolute Gasteiger partial charge is 0.284 e. The van der Waals surface area contributed by atoms with Gasteiger partial charge in [-0.2, -0.15) is 31.4 Å². The molecule has 3 heterocycles. The van der Waals surface area contributed by atoms with Crippen LogP contribution in [0.5, 0.6) is 0 Å². The van der Waals surface area contributed by atoms with Crippen LogP contribution in [0.4, 0.5) is 35.1 Å². The molecule has 0 unspecified atom stereocenters. The molecule has 2 aliphatic heterocycles. The number of nitrogens with zero attached hydrogens (tertiary/aromatic N) is 5. The van der Waals surface area contributed by atoms with E-state index in [-0.39, 0.29) is 35.4 Å².